The van der Waals surface area contributed by atoms with Crippen LogP contribution < -0.4 is 4.74 Å². The van der Waals surface area contributed by atoms with Crippen LogP contribution in [0.25, 0.3) is 11.3 Å². The molecule has 0 aliphatic heterocycles. The average Bonchev–Trinajstić information content (AvgIpc) is 2.30. The van der Waals surface area contributed by atoms with Gasteiger partial charge < -0.3 is 4.74 Å². The zero-order chi connectivity index (χ0) is 10.7. The van der Waals surface area contributed by atoms with Gasteiger partial charge in [0.05, 0.1) is 17.3 Å². The second-order valence-electron chi connectivity index (χ2n) is 3.06. The minimum Gasteiger partial charge on any atom is -0.496 e. The molecule has 2 rings (SSSR count). The number of halogens is 1. The van der Waals surface area contributed by atoms with E-state index in [2.05, 4.69) is 20.9 Å². The van der Waals surface area contributed by atoms with Crippen LogP contribution in [0.3, 0.4) is 0 Å². The number of aromatic nitrogens is 1. The highest BCUT2D eigenvalue weighted by Gasteiger charge is 2.03. The Hall–Kier alpha value is -1.35. The van der Waals surface area contributed by atoms with Crippen LogP contribution in [-0.4, -0.2) is 12.1 Å². The van der Waals surface area contributed by atoms with Crippen molar-refractivity contribution >= 4 is 15.9 Å². The van der Waals surface area contributed by atoms with Gasteiger partial charge in [0.25, 0.3) is 0 Å². The van der Waals surface area contributed by atoms with Gasteiger partial charge in [0.15, 0.2) is 0 Å². The molecule has 0 aliphatic rings. The third kappa shape index (κ3) is 2.18. The van der Waals surface area contributed by atoms with E-state index >= 15 is 0 Å². The van der Waals surface area contributed by atoms with Crippen molar-refractivity contribution in [1.29, 1.82) is 0 Å². The second kappa shape index (κ2) is 4.45. The van der Waals surface area contributed by atoms with Gasteiger partial charge in [-0.25, -0.2) is 0 Å². The standard InChI is InChI=1S/C12H10BrNO/c1-15-12-6-5-9(8-10(12)13)11-4-2-3-7-14-11/h2-8H,1H3. The maximum atomic E-state index is 5.17. The molecule has 0 radical (unpaired) electrons. The van der Waals surface area contributed by atoms with Crippen molar-refractivity contribution in [3.8, 4) is 17.0 Å². The number of pyridine rings is 1. The van der Waals surface area contributed by atoms with Crippen molar-refractivity contribution < 1.29 is 4.74 Å². The van der Waals surface area contributed by atoms with E-state index in [-0.39, 0.29) is 0 Å². The molecule has 0 N–H and O–H groups in total. The molecule has 76 valence electrons. The Balaban J connectivity index is 2.43. The molecular weight excluding hydrogens is 254 g/mol. The number of rotatable bonds is 2. The molecule has 2 nitrogen and oxygen atoms in total. The van der Waals surface area contributed by atoms with Gasteiger partial charge in [-0.05, 0) is 46.3 Å². The summed E-state index contributed by atoms with van der Waals surface area (Å²) in [5.74, 6) is 0.828. The van der Waals surface area contributed by atoms with Crippen LogP contribution in [-0.2, 0) is 0 Å². The van der Waals surface area contributed by atoms with Crippen LogP contribution >= 0.6 is 15.9 Å². The summed E-state index contributed by atoms with van der Waals surface area (Å²) in [6.07, 6.45) is 1.79. The molecule has 2 aromatic rings. The first-order chi connectivity index (χ1) is 7.31. The molecule has 3 heteroatoms. The number of nitrogens with zero attached hydrogens (tertiary/aromatic N) is 1. The molecule has 0 fully saturated rings. The predicted molar refractivity (Wildman–Crippen MR) is 63.9 cm³/mol. The fourth-order valence-corrected chi connectivity index (χ4v) is 1.90. The number of hydrogen-bond donors (Lipinski definition) is 0. The van der Waals surface area contributed by atoms with Crippen molar-refractivity contribution in [1.82, 2.24) is 4.98 Å². The minimum atomic E-state index is 0.828. The van der Waals surface area contributed by atoms with E-state index in [1.807, 2.05) is 36.4 Å². The quantitative estimate of drug-likeness (QED) is 0.827. The van der Waals surface area contributed by atoms with E-state index in [0.29, 0.717) is 0 Å². The highest BCUT2D eigenvalue weighted by atomic mass is 79.9. The number of hydrogen-bond acceptors (Lipinski definition) is 2. The van der Waals surface area contributed by atoms with Crippen LogP contribution in [0.1, 0.15) is 0 Å². The second-order valence-corrected chi connectivity index (χ2v) is 3.92. The van der Waals surface area contributed by atoms with Gasteiger partial charge in [0.1, 0.15) is 5.75 Å². The lowest BCUT2D eigenvalue weighted by molar-refractivity contribution is 0.412. The lowest BCUT2D eigenvalue weighted by atomic mass is 10.1. The van der Waals surface area contributed by atoms with Crippen LogP contribution in [0.2, 0.25) is 0 Å². The Morgan fingerprint density at radius 1 is 1.20 bits per heavy atom. The summed E-state index contributed by atoms with van der Waals surface area (Å²) in [5.41, 5.74) is 2.03. The van der Waals surface area contributed by atoms with Gasteiger partial charge in [-0.15, -0.1) is 0 Å². The summed E-state index contributed by atoms with van der Waals surface area (Å²) in [7, 11) is 1.65. The zero-order valence-corrected chi connectivity index (χ0v) is 9.86. The third-order valence-corrected chi connectivity index (χ3v) is 2.73. The molecule has 0 aliphatic carbocycles. The number of benzene rings is 1. The van der Waals surface area contributed by atoms with Crippen molar-refractivity contribution in [3.63, 3.8) is 0 Å². The molecule has 1 heterocycles. The number of ether oxygens (including phenoxy) is 1. The van der Waals surface area contributed by atoms with Crippen molar-refractivity contribution in [2.75, 3.05) is 7.11 Å². The Morgan fingerprint density at radius 2 is 2.07 bits per heavy atom. The van der Waals surface area contributed by atoms with E-state index in [1.54, 1.807) is 13.3 Å². The van der Waals surface area contributed by atoms with Gasteiger partial charge in [-0.3, -0.25) is 4.98 Å². The number of methoxy groups -OCH3 is 1. The lowest BCUT2D eigenvalue weighted by Gasteiger charge is -2.05. The van der Waals surface area contributed by atoms with Gasteiger partial charge in [-0.1, -0.05) is 6.07 Å². The highest BCUT2D eigenvalue weighted by molar-refractivity contribution is 9.10. The first-order valence-electron chi connectivity index (χ1n) is 4.56. The van der Waals surface area contributed by atoms with E-state index in [9.17, 15) is 0 Å². The molecular formula is C12H10BrNO. The first-order valence-corrected chi connectivity index (χ1v) is 5.35. The van der Waals surface area contributed by atoms with Crippen molar-refractivity contribution in [2.24, 2.45) is 0 Å². The zero-order valence-electron chi connectivity index (χ0n) is 8.27. The van der Waals surface area contributed by atoms with E-state index in [0.717, 1.165) is 21.5 Å². The Morgan fingerprint density at radius 3 is 2.67 bits per heavy atom. The van der Waals surface area contributed by atoms with Gasteiger partial charge in [0.2, 0.25) is 0 Å². The molecule has 0 saturated carbocycles. The molecule has 1 aromatic heterocycles. The van der Waals surface area contributed by atoms with E-state index in [4.69, 9.17) is 4.74 Å². The average molecular weight is 264 g/mol. The van der Waals surface area contributed by atoms with Crippen LogP contribution in [0.4, 0.5) is 0 Å². The minimum absolute atomic E-state index is 0.828. The summed E-state index contributed by atoms with van der Waals surface area (Å²) >= 11 is 3.45. The molecule has 0 bridgehead atoms. The summed E-state index contributed by atoms with van der Waals surface area (Å²) in [4.78, 5) is 4.28. The van der Waals surface area contributed by atoms with E-state index < -0.39 is 0 Å². The fraction of sp³-hybridized carbons (Fsp3) is 0.0833. The van der Waals surface area contributed by atoms with Gasteiger partial charge in [-0.2, -0.15) is 0 Å². The maximum absolute atomic E-state index is 5.17. The van der Waals surface area contributed by atoms with Crippen molar-refractivity contribution in [2.45, 2.75) is 0 Å². The summed E-state index contributed by atoms with van der Waals surface area (Å²) in [6.45, 7) is 0. The summed E-state index contributed by atoms with van der Waals surface area (Å²) < 4.78 is 6.11. The Bertz CT molecular complexity index is 456. The molecule has 0 amide bonds. The first kappa shape index (κ1) is 10.2. The predicted octanol–water partition coefficient (Wildman–Crippen LogP) is 3.52. The van der Waals surface area contributed by atoms with Crippen molar-refractivity contribution in [3.05, 3.63) is 47.1 Å². The smallest absolute Gasteiger partial charge is 0.133 e. The maximum Gasteiger partial charge on any atom is 0.133 e. The molecule has 15 heavy (non-hydrogen) atoms. The largest absolute Gasteiger partial charge is 0.496 e. The normalized spacial score (nSPS) is 10.0. The summed E-state index contributed by atoms with van der Waals surface area (Å²) in [5, 5.41) is 0. The summed E-state index contributed by atoms with van der Waals surface area (Å²) in [6, 6.07) is 11.8. The topological polar surface area (TPSA) is 22.1 Å². The molecule has 0 spiro atoms. The molecule has 0 atom stereocenters. The molecule has 0 saturated heterocycles. The Labute approximate surface area is 97.1 Å². The van der Waals surface area contributed by atoms with Crippen LogP contribution in [0.15, 0.2) is 47.1 Å². The monoisotopic (exact) mass is 263 g/mol. The Kier molecular flexibility index (Phi) is 3.02. The SMILES string of the molecule is COc1ccc(-c2ccccn2)cc1Br. The van der Waals surface area contributed by atoms with Gasteiger partial charge in [0, 0.05) is 11.8 Å². The molecule has 0 unspecified atom stereocenters. The van der Waals surface area contributed by atoms with Crippen LogP contribution in [0.5, 0.6) is 5.75 Å². The highest BCUT2D eigenvalue weighted by Crippen LogP contribution is 2.29. The molecule has 1 aromatic carbocycles. The third-order valence-electron chi connectivity index (χ3n) is 2.11. The lowest BCUT2D eigenvalue weighted by Crippen LogP contribution is -1.86. The van der Waals surface area contributed by atoms with Crippen LogP contribution in [0, 0.1) is 0 Å². The van der Waals surface area contributed by atoms with Gasteiger partial charge >= 0.3 is 0 Å². The van der Waals surface area contributed by atoms with E-state index in [1.165, 1.54) is 0 Å². The fourth-order valence-electron chi connectivity index (χ4n) is 1.36.